The number of carbonyl (C=O) groups is 1. The van der Waals surface area contributed by atoms with Crippen molar-refractivity contribution < 1.29 is 14.3 Å². The van der Waals surface area contributed by atoms with Crippen molar-refractivity contribution in [3.05, 3.63) is 64.4 Å². The molecule has 4 nitrogen and oxygen atoms in total. The van der Waals surface area contributed by atoms with Gasteiger partial charge in [0.25, 0.3) is 0 Å². The summed E-state index contributed by atoms with van der Waals surface area (Å²) in [6.45, 7) is 3.52. The third-order valence-electron chi connectivity index (χ3n) is 4.39. The number of halogens is 2. The van der Waals surface area contributed by atoms with Gasteiger partial charge in [-0.15, -0.1) is 0 Å². The Kier molecular flexibility index (Phi) is 5.56. The number of nitrogens with zero attached hydrogens (tertiary/aromatic N) is 2. The summed E-state index contributed by atoms with van der Waals surface area (Å²) in [5.74, 6) is -0.158. The van der Waals surface area contributed by atoms with E-state index in [9.17, 15) is 14.3 Å². The van der Waals surface area contributed by atoms with Gasteiger partial charge in [-0.05, 0) is 35.4 Å². The number of aromatic hydroxyl groups is 1. The fourth-order valence-electron chi connectivity index (χ4n) is 3.00. The van der Waals surface area contributed by atoms with Crippen molar-refractivity contribution in [1.82, 2.24) is 9.80 Å². The number of phenols is 1. The van der Waals surface area contributed by atoms with Crippen LogP contribution in [0.5, 0.6) is 5.75 Å². The second kappa shape index (κ2) is 7.85. The second-order valence-corrected chi connectivity index (χ2v) is 6.66. The third kappa shape index (κ3) is 4.71. The van der Waals surface area contributed by atoms with Crippen LogP contribution in [0.4, 0.5) is 4.39 Å². The molecule has 6 heteroatoms. The van der Waals surface area contributed by atoms with Crippen molar-refractivity contribution in [3.63, 3.8) is 0 Å². The molecule has 0 radical (unpaired) electrons. The molecule has 1 aliphatic heterocycles. The minimum absolute atomic E-state index is 0.0174. The smallest absolute Gasteiger partial charge is 0.227 e. The van der Waals surface area contributed by atoms with E-state index in [1.54, 1.807) is 24.3 Å². The molecule has 0 unspecified atom stereocenters. The Labute approximate surface area is 151 Å². The minimum atomic E-state index is -0.223. The maximum Gasteiger partial charge on any atom is 0.227 e. The zero-order chi connectivity index (χ0) is 17.8. The molecule has 0 atom stereocenters. The van der Waals surface area contributed by atoms with E-state index in [2.05, 4.69) is 4.90 Å². The zero-order valence-corrected chi connectivity index (χ0v) is 14.5. The number of hydrogen-bond donors (Lipinski definition) is 1. The number of benzene rings is 2. The van der Waals surface area contributed by atoms with Crippen LogP contribution in [-0.2, 0) is 17.8 Å². The molecule has 132 valence electrons. The molecule has 0 aliphatic carbocycles. The van der Waals surface area contributed by atoms with E-state index >= 15 is 0 Å². The lowest BCUT2D eigenvalue weighted by atomic mass is 10.1. The molecule has 0 bridgehead atoms. The molecule has 0 aromatic heterocycles. The highest BCUT2D eigenvalue weighted by atomic mass is 35.5. The molecule has 1 saturated heterocycles. The molecule has 1 N–H and O–H groups in total. The lowest BCUT2D eigenvalue weighted by Crippen LogP contribution is -2.48. The molecule has 2 aromatic rings. The maximum absolute atomic E-state index is 13.3. The van der Waals surface area contributed by atoms with Crippen LogP contribution in [0.25, 0.3) is 0 Å². The lowest BCUT2D eigenvalue weighted by Gasteiger charge is -2.34. The SMILES string of the molecule is O=C(Cc1ccc(O)c(Cl)c1)N1CCN(Cc2cccc(F)c2)CC1. The molecule has 0 saturated carbocycles. The fourth-order valence-corrected chi connectivity index (χ4v) is 3.20. The van der Waals surface area contributed by atoms with E-state index in [-0.39, 0.29) is 28.9 Å². The number of rotatable bonds is 4. The normalized spacial score (nSPS) is 15.4. The Bertz CT molecular complexity index is 761. The van der Waals surface area contributed by atoms with Gasteiger partial charge in [-0.25, -0.2) is 4.39 Å². The van der Waals surface area contributed by atoms with Crippen LogP contribution in [-0.4, -0.2) is 47.0 Å². The number of hydrogen-bond acceptors (Lipinski definition) is 3. The third-order valence-corrected chi connectivity index (χ3v) is 4.69. The molecule has 3 rings (SSSR count). The maximum atomic E-state index is 13.3. The Morgan fingerprint density at radius 3 is 2.52 bits per heavy atom. The fraction of sp³-hybridized carbons (Fsp3) is 0.316. The highest BCUT2D eigenvalue weighted by Crippen LogP contribution is 2.24. The topological polar surface area (TPSA) is 43.8 Å². The Balaban J connectivity index is 1.51. The van der Waals surface area contributed by atoms with Gasteiger partial charge in [0.1, 0.15) is 11.6 Å². The van der Waals surface area contributed by atoms with Gasteiger partial charge in [0, 0.05) is 32.7 Å². The van der Waals surface area contributed by atoms with Crippen LogP contribution in [0.1, 0.15) is 11.1 Å². The van der Waals surface area contributed by atoms with Gasteiger partial charge in [-0.1, -0.05) is 29.8 Å². The van der Waals surface area contributed by atoms with Crippen molar-refractivity contribution in [3.8, 4) is 5.75 Å². The summed E-state index contributed by atoms with van der Waals surface area (Å²) in [7, 11) is 0. The molecule has 1 amide bonds. The molecular formula is C19H20ClFN2O2. The molecule has 2 aromatic carbocycles. The van der Waals surface area contributed by atoms with Crippen LogP contribution in [0.3, 0.4) is 0 Å². The van der Waals surface area contributed by atoms with Gasteiger partial charge in [0.15, 0.2) is 0 Å². The monoisotopic (exact) mass is 362 g/mol. The van der Waals surface area contributed by atoms with Gasteiger partial charge < -0.3 is 10.0 Å². The number of phenolic OH excluding ortho intramolecular Hbond substituents is 1. The second-order valence-electron chi connectivity index (χ2n) is 6.25. The summed E-state index contributed by atoms with van der Waals surface area (Å²) in [4.78, 5) is 16.5. The highest BCUT2D eigenvalue weighted by molar-refractivity contribution is 6.32. The van der Waals surface area contributed by atoms with Crippen LogP contribution in [0, 0.1) is 5.82 Å². The van der Waals surface area contributed by atoms with Crippen LogP contribution in [0.2, 0.25) is 5.02 Å². The Morgan fingerprint density at radius 1 is 1.08 bits per heavy atom. The quantitative estimate of drug-likeness (QED) is 0.909. The van der Waals surface area contributed by atoms with Gasteiger partial charge in [-0.3, -0.25) is 9.69 Å². The van der Waals surface area contributed by atoms with E-state index in [1.807, 2.05) is 11.0 Å². The molecule has 25 heavy (non-hydrogen) atoms. The van der Waals surface area contributed by atoms with Crippen molar-refractivity contribution in [2.45, 2.75) is 13.0 Å². The van der Waals surface area contributed by atoms with Gasteiger partial charge in [0.2, 0.25) is 5.91 Å². The van der Waals surface area contributed by atoms with Crippen molar-refractivity contribution in [1.29, 1.82) is 0 Å². The predicted molar refractivity (Wildman–Crippen MR) is 95.1 cm³/mol. The summed E-state index contributed by atoms with van der Waals surface area (Å²) in [5, 5.41) is 9.69. The molecule has 1 heterocycles. The predicted octanol–water partition coefficient (Wildman–Crippen LogP) is 3.07. The first-order valence-electron chi connectivity index (χ1n) is 8.23. The molecular weight excluding hydrogens is 343 g/mol. The molecule has 1 aliphatic rings. The standard InChI is InChI=1S/C19H20ClFN2O2/c20-17-11-14(4-5-18(17)24)12-19(25)23-8-6-22(7-9-23)13-15-2-1-3-16(21)10-15/h1-5,10-11,24H,6-9,12-13H2. The van der Waals surface area contributed by atoms with Crippen LogP contribution >= 0.6 is 11.6 Å². The van der Waals surface area contributed by atoms with Gasteiger partial charge in [-0.2, -0.15) is 0 Å². The largest absolute Gasteiger partial charge is 0.506 e. The Morgan fingerprint density at radius 2 is 1.84 bits per heavy atom. The summed E-state index contributed by atoms with van der Waals surface area (Å²) >= 11 is 5.88. The molecule has 1 fully saturated rings. The number of amides is 1. The van der Waals surface area contributed by atoms with E-state index in [0.29, 0.717) is 19.6 Å². The lowest BCUT2D eigenvalue weighted by molar-refractivity contribution is -0.132. The average molecular weight is 363 g/mol. The van der Waals surface area contributed by atoms with Crippen molar-refractivity contribution in [2.75, 3.05) is 26.2 Å². The summed E-state index contributed by atoms with van der Waals surface area (Å²) < 4.78 is 13.3. The first-order valence-corrected chi connectivity index (χ1v) is 8.61. The van der Waals surface area contributed by atoms with Gasteiger partial charge >= 0.3 is 0 Å². The van der Waals surface area contributed by atoms with E-state index in [4.69, 9.17) is 11.6 Å². The van der Waals surface area contributed by atoms with E-state index < -0.39 is 0 Å². The highest BCUT2D eigenvalue weighted by Gasteiger charge is 2.21. The number of piperazine rings is 1. The van der Waals surface area contributed by atoms with Crippen LogP contribution < -0.4 is 0 Å². The van der Waals surface area contributed by atoms with E-state index in [1.165, 1.54) is 12.1 Å². The minimum Gasteiger partial charge on any atom is -0.506 e. The summed E-state index contributed by atoms with van der Waals surface area (Å²) in [6.07, 6.45) is 0.268. The van der Waals surface area contributed by atoms with Crippen LogP contribution in [0.15, 0.2) is 42.5 Å². The van der Waals surface area contributed by atoms with Crippen molar-refractivity contribution >= 4 is 17.5 Å². The first kappa shape index (κ1) is 17.7. The summed E-state index contributed by atoms with van der Waals surface area (Å²) in [5.41, 5.74) is 1.73. The Hall–Kier alpha value is -2.11. The number of carbonyl (C=O) groups excluding carboxylic acids is 1. The van der Waals surface area contributed by atoms with E-state index in [0.717, 1.165) is 24.2 Å². The summed E-state index contributed by atoms with van der Waals surface area (Å²) in [6, 6.07) is 11.4. The zero-order valence-electron chi connectivity index (χ0n) is 13.8. The van der Waals surface area contributed by atoms with Crippen molar-refractivity contribution in [2.24, 2.45) is 0 Å². The first-order chi connectivity index (χ1) is 12.0. The molecule has 0 spiro atoms. The van der Waals surface area contributed by atoms with Gasteiger partial charge in [0.05, 0.1) is 11.4 Å². The average Bonchev–Trinajstić information content (AvgIpc) is 2.59.